The Morgan fingerprint density at radius 3 is 2.77 bits per heavy atom. The van der Waals surface area contributed by atoms with Crippen LogP contribution in [0.25, 0.3) is 0 Å². The second-order valence-corrected chi connectivity index (χ2v) is 5.21. The van der Waals surface area contributed by atoms with Gasteiger partial charge in [-0.15, -0.1) is 0 Å². The summed E-state index contributed by atoms with van der Waals surface area (Å²) in [7, 11) is 0. The van der Waals surface area contributed by atoms with Crippen LogP contribution in [0.5, 0.6) is 0 Å². The van der Waals surface area contributed by atoms with Crippen molar-refractivity contribution in [2.24, 2.45) is 17.3 Å². The Kier molecular flexibility index (Phi) is 2.21. The predicted molar refractivity (Wildman–Crippen MR) is 53.5 cm³/mol. The predicted octanol–water partition coefficient (Wildman–Crippen LogP) is 3.18. The molecule has 0 radical (unpaired) electrons. The Hall–Kier alpha value is -0.330. The van der Waals surface area contributed by atoms with Crippen molar-refractivity contribution in [2.75, 3.05) is 0 Å². The minimum Gasteiger partial charge on any atom is -0.299 e. The molecule has 2 saturated carbocycles. The topological polar surface area (TPSA) is 17.1 Å². The van der Waals surface area contributed by atoms with Crippen LogP contribution in [0.1, 0.15) is 52.4 Å². The Bertz CT molecular complexity index is 221. The van der Waals surface area contributed by atoms with Crippen LogP contribution in [-0.4, -0.2) is 5.78 Å². The van der Waals surface area contributed by atoms with E-state index in [1.807, 2.05) is 0 Å². The van der Waals surface area contributed by atoms with Crippen molar-refractivity contribution >= 4 is 5.78 Å². The van der Waals surface area contributed by atoms with Gasteiger partial charge in [0.15, 0.2) is 0 Å². The van der Waals surface area contributed by atoms with E-state index in [2.05, 4.69) is 13.8 Å². The van der Waals surface area contributed by atoms with Crippen molar-refractivity contribution in [3.05, 3.63) is 0 Å². The molecule has 0 aliphatic heterocycles. The van der Waals surface area contributed by atoms with E-state index in [1.54, 1.807) is 0 Å². The van der Waals surface area contributed by atoms with Gasteiger partial charge in [-0.2, -0.15) is 0 Å². The highest BCUT2D eigenvalue weighted by Gasteiger charge is 2.46. The van der Waals surface area contributed by atoms with Gasteiger partial charge in [0, 0.05) is 12.3 Å². The Balaban J connectivity index is 2.24. The molecule has 0 N–H and O–H groups in total. The summed E-state index contributed by atoms with van der Waals surface area (Å²) in [6.45, 7) is 4.68. The lowest BCUT2D eigenvalue weighted by atomic mass is 9.55. The molecule has 0 aromatic rings. The van der Waals surface area contributed by atoms with Crippen LogP contribution in [0.2, 0.25) is 0 Å². The van der Waals surface area contributed by atoms with E-state index in [0.29, 0.717) is 17.1 Å². The van der Waals surface area contributed by atoms with Crippen molar-refractivity contribution < 1.29 is 4.79 Å². The molecule has 0 saturated heterocycles. The molecule has 1 nitrogen and oxygen atoms in total. The van der Waals surface area contributed by atoms with E-state index in [9.17, 15) is 4.79 Å². The van der Waals surface area contributed by atoms with Gasteiger partial charge in [-0.05, 0) is 30.6 Å². The van der Waals surface area contributed by atoms with Crippen molar-refractivity contribution in [2.45, 2.75) is 52.4 Å². The molecule has 13 heavy (non-hydrogen) atoms. The van der Waals surface area contributed by atoms with E-state index in [0.717, 1.165) is 18.8 Å². The van der Waals surface area contributed by atoms with Crippen LogP contribution in [0.3, 0.4) is 0 Å². The fraction of sp³-hybridized carbons (Fsp3) is 0.917. The van der Waals surface area contributed by atoms with E-state index >= 15 is 0 Å². The fourth-order valence-corrected chi connectivity index (χ4v) is 3.34. The summed E-state index contributed by atoms with van der Waals surface area (Å²) < 4.78 is 0. The standard InChI is InChI=1S/C12H20O/c1-9-6-7-11(13)10-5-3-4-8-12(9,10)2/h9-10H,3-8H2,1-2H3/t9-,10+,12+/m0/s1. The molecule has 2 rings (SSSR count). The quantitative estimate of drug-likeness (QED) is 0.559. The van der Waals surface area contributed by atoms with E-state index < -0.39 is 0 Å². The van der Waals surface area contributed by atoms with Crippen LogP contribution in [0, 0.1) is 17.3 Å². The van der Waals surface area contributed by atoms with Crippen LogP contribution in [0.4, 0.5) is 0 Å². The van der Waals surface area contributed by atoms with Gasteiger partial charge < -0.3 is 0 Å². The Labute approximate surface area is 80.9 Å². The number of hydrogen-bond acceptors (Lipinski definition) is 1. The van der Waals surface area contributed by atoms with Crippen LogP contribution in [0.15, 0.2) is 0 Å². The smallest absolute Gasteiger partial charge is 0.136 e. The average Bonchev–Trinajstić information content (AvgIpc) is 2.12. The first-order valence-electron chi connectivity index (χ1n) is 5.67. The molecular weight excluding hydrogens is 160 g/mol. The molecule has 2 aliphatic rings. The van der Waals surface area contributed by atoms with Gasteiger partial charge in [-0.3, -0.25) is 4.79 Å². The normalized spacial score (nSPS) is 45.8. The lowest BCUT2D eigenvalue weighted by molar-refractivity contribution is -0.135. The molecule has 74 valence electrons. The minimum absolute atomic E-state index is 0.355. The molecule has 0 aromatic carbocycles. The first-order valence-corrected chi connectivity index (χ1v) is 5.67. The number of fused-ring (bicyclic) bond motifs is 1. The van der Waals surface area contributed by atoms with Crippen LogP contribution < -0.4 is 0 Å². The molecule has 0 aromatic heterocycles. The summed E-state index contributed by atoms with van der Waals surface area (Å²) in [6.07, 6.45) is 7.04. The Morgan fingerprint density at radius 2 is 2.08 bits per heavy atom. The lowest BCUT2D eigenvalue weighted by Gasteiger charge is -2.48. The zero-order valence-electron chi connectivity index (χ0n) is 8.81. The summed E-state index contributed by atoms with van der Waals surface area (Å²) in [5, 5.41) is 0. The molecule has 0 amide bonds. The van der Waals surface area contributed by atoms with Gasteiger partial charge in [0.2, 0.25) is 0 Å². The van der Waals surface area contributed by atoms with E-state index in [-0.39, 0.29) is 0 Å². The summed E-state index contributed by atoms with van der Waals surface area (Å²) in [5.41, 5.74) is 0.355. The SMILES string of the molecule is C[C@H]1CCC(=O)[C@H]2CCCC[C@@]21C. The highest BCUT2D eigenvalue weighted by molar-refractivity contribution is 5.82. The lowest BCUT2D eigenvalue weighted by Crippen LogP contribution is -2.44. The molecule has 0 bridgehead atoms. The van der Waals surface area contributed by atoms with Gasteiger partial charge in [0.05, 0.1) is 0 Å². The summed E-state index contributed by atoms with van der Waals surface area (Å²) in [4.78, 5) is 11.8. The highest BCUT2D eigenvalue weighted by Crippen LogP contribution is 2.51. The van der Waals surface area contributed by atoms with E-state index in [4.69, 9.17) is 0 Å². The van der Waals surface area contributed by atoms with Crippen molar-refractivity contribution in [1.82, 2.24) is 0 Å². The molecule has 0 spiro atoms. The summed E-state index contributed by atoms with van der Waals surface area (Å²) in [5.74, 6) is 1.72. The summed E-state index contributed by atoms with van der Waals surface area (Å²) in [6, 6.07) is 0. The van der Waals surface area contributed by atoms with Gasteiger partial charge in [-0.25, -0.2) is 0 Å². The van der Waals surface area contributed by atoms with Crippen molar-refractivity contribution in [1.29, 1.82) is 0 Å². The molecule has 3 atom stereocenters. The average molecular weight is 180 g/mol. The molecule has 0 unspecified atom stereocenters. The molecule has 0 heterocycles. The maximum atomic E-state index is 11.8. The first kappa shape index (κ1) is 9.23. The molecule has 2 aliphatic carbocycles. The van der Waals surface area contributed by atoms with Crippen LogP contribution in [-0.2, 0) is 4.79 Å². The third kappa shape index (κ3) is 1.33. The largest absolute Gasteiger partial charge is 0.299 e. The highest BCUT2D eigenvalue weighted by atomic mass is 16.1. The van der Waals surface area contributed by atoms with Crippen molar-refractivity contribution in [3.63, 3.8) is 0 Å². The monoisotopic (exact) mass is 180 g/mol. The second-order valence-electron chi connectivity index (χ2n) is 5.21. The third-order valence-corrected chi connectivity index (χ3v) is 4.59. The minimum atomic E-state index is 0.355. The van der Waals surface area contributed by atoms with E-state index in [1.165, 1.54) is 25.7 Å². The first-order chi connectivity index (χ1) is 6.14. The van der Waals surface area contributed by atoms with Gasteiger partial charge in [0.1, 0.15) is 5.78 Å². The maximum Gasteiger partial charge on any atom is 0.136 e. The fourth-order valence-electron chi connectivity index (χ4n) is 3.34. The number of hydrogen-bond donors (Lipinski definition) is 0. The van der Waals surface area contributed by atoms with Gasteiger partial charge >= 0.3 is 0 Å². The molecule has 1 heteroatoms. The number of ketones is 1. The number of Topliss-reactive ketones (excluding diaryl/α,β-unsaturated/α-hetero) is 1. The zero-order chi connectivity index (χ0) is 9.47. The van der Waals surface area contributed by atoms with Gasteiger partial charge in [0.25, 0.3) is 0 Å². The third-order valence-electron chi connectivity index (χ3n) is 4.59. The van der Waals surface area contributed by atoms with Crippen molar-refractivity contribution in [3.8, 4) is 0 Å². The van der Waals surface area contributed by atoms with Gasteiger partial charge in [-0.1, -0.05) is 26.7 Å². The maximum absolute atomic E-state index is 11.8. The number of rotatable bonds is 0. The number of carbonyl (C=O) groups is 1. The molecule has 2 fully saturated rings. The second kappa shape index (κ2) is 3.11. The molecular formula is C12H20O. The summed E-state index contributed by atoms with van der Waals surface area (Å²) >= 11 is 0. The number of carbonyl (C=O) groups excluding carboxylic acids is 1. The Morgan fingerprint density at radius 1 is 1.31 bits per heavy atom. The zero-order valence-corrected chi connectivity index (χ0v) is 8.81. The van der Waals surface area contributed by atoms with Crippen LogP contribution >= 0.6 is 0 Å².